The molecule has 0 spiro atoms. The summed E-state index contributed by atoms with van der Waals surface area (Å²) in [6.45, 7) is 18.3. The van der Waals surface area contributed by atoms with E-state index in [9.17, 15) is 0 Å². The molecule has 2 unspecified atom stereocenters. The summed E-state index contributed by atoms with van der Waals surface area (Å²) < 4.78 is 11.7. The van der Waals surface area contributed by atoms with Gasteiger partial charge in [-0.05, 0) is 27.7 Å². The van der Waals surface area contributed by atoms with Crippen molar-refractivity contribution >= 4 is 5.96 Å². The van der Waals surface area contributed by atoms with Gasteiger partial charge in [0.2, 0.25) is 5.89 Å². The molecule has 1 saturated heterocycles. The number of nitrogens with one attached hydrogen (secondary N) is 2. The molecule has 1 aliphatic heterocycles. The molecule has 0 aromatic carbocycles. The normalized spacial score (nSPS) is 22.7. The third-order valence-electron chi connectivity index (χ3n) is 4.89. The van der Waals surface area contributed by atoms with Crippen LogP contribution in [-0.4, -0.2) is 60.3 Å². The van der Waals surface area contributed by atoms with Crippen LogP contribution in [0.5, 0.6) is 0 Å². The Morgan fingerprint density at radius 2 is 1.81 bits per heavy atom. The largest absolute Gasteiger partial charge is 0.443 e. The van der Waals surface area contributed by atoms with Crippen LogP contribution in [-0.2, 0) is 16.7 Å². The first kappa shape index (κ1) is 21.7. The zero-order valence-electron chi connectivity index (χ0n) is 18.2. The first-order chi connectivity index (χ1) is 12.5. The van der Waals surface area contributed by atoms with Crippen molar-refractivity contribution in [2.75, 3.05) is 26.7 Å². The molecule has 7 heteroatoms. The van der Waals surface area contributed by atoms with E-state index in [-0.39, 0.29) is 23.2 Å². The molecule has 0 bridgehead atoms. The van der Waals surface area contributed by atoms with Crippen molar-refractivity contribution in [2.24, 2.45) is 4.99 Å². The number of aromatic nitrogens is 1. The fraction of sp³-hybridized carbons (Fsp3) is 0.800. The highest BCUT2D eigenvalue weighted by molar-refractivity contribution is 5.79. The van der Waals surface area contributed by atoms with E-state index in [1.54, 1.807) is 13.2 Å². The van der Waals surface area contributed by atoms with Crippen LogP contribution < -0.4 is 10.6 Å². The third kappa shape index (κ3) is 6.21. The van der Waals surface area contributed by atoms with Crippen molar-refractivity contribution < 1.29 is 9.15 Å². The van der Waals surface area contributed by atoms with E-state index in [2.05, 4.69) is 74.0 Å². The molecule has 154 valence electrons. The molecule has 2 heterocycles. The van der Waals surface area contributed by atoms with E-state index in [1.165, 1.54) is 0 Å². The van der Waals surface area contributed by atoms with Gasteiger partial charge in [-0.2, -0.15) is 0 Å². The Kier molecular flexibility index (Phi) is 6.92. The van der Waals surface area contributed by atoms with Crippen LogP contribution >= 0.6 is 0 Å². The number of oxazole rings is 1. The fourth-order valence-electron chi connectivity index (χ4n) is 3.20. The summed E-state index contributed by atoms with van der Waals surface area (Å²) in [5, 5.41) is 6.71. The van der Waals surface area contributed by atoms with Gasteiger partial charge in [-0.3, -0.25) is 9.89 Å². The summed E-state index contributed by atoms with van der Waals surface area (Å²) in [5.74, 6) is 2.30. The van der Waals surface area contributed by atoms with Crippen LogP contribution in [0.2, 0.25) is 0 Å². The zero-order chi connectivity index (χ0) is 20.2. The summed E-state index contributed by atoms with van der Waals surface area (Å²) >= 11 is 0. The molecule has 0 saturated carbocycles. The highest BCUT2D eigenvalue weighted by Crippen LogP contribution is 2.23. The van der Waals surface area contributed by atoms with E-state index < -0.39 is 0 Å². The van der Waals surface area contributed by atoms with Crippen LogP contribution in [0.25, 0.3) is 0 Å². The second-order valence-corrected chi connectivity index (χ2v) is 9.12. The van der Waals surface area contributed by atoms with Gasteiger partial charge in [0.05, 0.1) is 24.9 Å². The fourth-order valence-corrected chi connectivity index (χ4v) is 3.20. The van der Waals surface area contributed by atoms with E-state index >= 15 is 0 Å². The number of rotatable bonds is 5. The van der Waals surface area contributed by atoms with Gasteiger partial charge in [-0.15, -0.1) is 0 Å². The molecule has 27 heavy (non-hydrogen) atoms. The van der Waals surface area contributed by atoms with Crippen molar-refractivity contribution in [3.8, 4) is 0 Å². The highest BCUT2D eigenvalue weighted by atomic mass is 16.5. The SMILES string of the molecule is CN=C(NCc1ncc(C(C)(C)C)o1)NCC(C)(C)N1CC(C)OC(C)C1. The topological polar surface area (TPSA) is 74.9 Å². The summed E-state index contributed by atoms with van der Waals surface area (Å²) in [7, 11) is 1.78. The molecule has 2 rings (SSSR count). The lowest BCUT2D eigenvalue weighted by molar-refractivity contribution is -0.0946. The first-order valence-corrected chi connectivity index (χ1v) is 9.81. The number of aliphatic imine (C=N–C) groups is 1. The molecule has 2 atom stereocenters. The molecular weight excluding hydrogens is 342 g/mol. The van der Waals surface area contributed by atoms with E-state index in [4.69, 9.17) is 9.15 Å². The number of morpholine rings is 1. The predicted molar refractivity (Wildman–Crippen MR) is 109 cm³/mol. The number of guanidine groups is 1. The smallest absolute Gasteiger partial charge is 0.213 e. The number of nitrogens with zero attached hydrogens (tertiary/aromatic N) is 3. The second-order valence-electron chi connectivity index (χ2n) is 9.12. The van der Waals surface area contributed by atoms with E-state index in [0.29, 0.717) is 12.4 Å². The Hall–Kier alpha value is -1.60. The van der Waals surface area contributed by atoms with Crippen molar-refractivity contribution in [3.63, 3.8) is 0 Å². The summed E-state index contributed by atoms with van der Waals surface area (Å²) in [6, 6.07) is 0. The summed E-state index contributed by atoms with van der Waals surface area (Å²) in [4.78, 5) is 11.2. The van der Waals surface area contributed by atoms with Crippen molar-refractivity contribution in [1.82, 2.24) is 20.5 Å². The third-order valence-corrected chi connectivity index (χ3v) is 4.89. The second kappa shape index (κ2) is 8.61. The maximum atomic E-state index is 5.86. The zero-order valence-corrected chi connectivity index (χ0v) is 18.2. The van der Waals surface area contributed by atoms with Crippen LogP contribution in [0.15, 0.2) is 15.6 Å². The molecule has 1 fully saturated rings. The van der Waals surface area contributed by atoms with Crippen LogP contribution in [0, 0.1) is 0 Å². The van der Waals surface area contributed by atoms with E-state index in [0.717, 1.165) is 31.4 Å². The number of hydrogen-bond acceptors (Lipinski definition) is 5. The van der Waals surface area contributed by atoms with Gasteiger partial charge in [0.25, 0.3) is 0 Å². The van der Waals surface area contributed by atoms with Gasteiger partial charge in [0.1, 0.15) is 5.76 Å². The minimum Gasteiger partial charge on any atom is -0.443 e. The minimum absolute atomic E-state index is 0.00768. The first-order valence-electron chi connectivity index (χ1n) is 9.81. The quantitative estimate of drug-likeness (QED) is 0.605. The molecule has 1 aromatic rings. The van der Waals surface area contributed by atoms with Crippen LogP contribution in [0.3, 0.4) is 0 Å². The van der Waals surface area contributed by atoms with Crippen molar-refractivity contribution in [3.05, 3.63) is 17.8 Å². The lowest BCUT2D eigenvalue weighted by atomic mass is 9.94. The molecular formula is C20H37N5O2. The molecule has 0 radical (unpaired) electrons. The van der Waals surface area contributed by atoms with Crippen LogP contribution in [0.1, 0.15) is 60.1 Å². The molecule has 7 nitrogen and oxygen atoms in total. The molecule has 0 aliphatic carbocycles. The molecule has 1 aliphatic rings. The highest BCUT2D eigenvalue weighted by Gasteiger charge is 2.33. The van der Waals surface area contributed by atoms with E-state index in [1.807, 2.05) is 0 Å². The standard InChI is InChI=1S/C20H37N5O2/c1-14-11-25(12-15(2)26-14)20(6,7)13-24-18(21-8)23-10-17-22-9-16(27-17)19(3,4)5/h9,14-15H,10-13H2,1-8H3,(H2,21,23,24). The Labute approximate surface area is 164 Å². The Balaban J connectivity index is 1.86. The van der Waals surface area contributed by atoms with Crippen molar-refractivity contribution in [2.45, 2.75) is 78.2 Å². The molecule has 1 aromatic heterocycles. The summed E-state index contributed by atoms with van der Waals surface area (Å²) in [6.07, 6.45) is 2.32. The average molecular weight is 380 g/mol. The number of hydrogen-bond donors (Lipinski definition) is 2. The Morgan fingerprint density at radius 3 is 2.33 bits per heavy atom. The van der Waals surface area contributed by atoms with Gasteiger partial charge in [0, 0.05) is 37.6 Å². The number of ether oxygens (including phenoxy) is 1. The average Bonchev–Trinajstić information content (AvgIpc) is 3.03. The Bertz CT molecular complexity index is 623. The van der Waals surface area contributed by atoms with Crippen LogP contribution in [0.4, 0.5) is 0 Å². The van der Waals surface area contributed by atoms with Gasteiger partial charge in [-0.1, -0.05) is 20.8 Å². The van der Waals surface area contributed by atoms with Gasteiger partial charge < -0.3 is 19.8 Å². The van der Waals surface area contributed by atoms with Gasteiger partial charge >= 0.3 is 0 Å². The molecule has 0 amide bonds. The Morgan fingerprint density at radius 1 is 1.19 bits per heavy atom. The van der Waals surface area contributed by atoms with Gasteiger partial charge in [0.15, 0.2) is 5.96 Å². The summed E-state index contributed by atoms with van der Waals surface area (Å²) in [5.41, 5.74) is -0.0477. The lowest BCUT2D eigenvalue weighted by Gasteiger charge is -2.45. The monoisotopic (exact) mass is 379 g/mol. The lowest BCUT2D eigenvalue weighted by Crippen LogP contribution is -2.59. The molecule has 2 N–H and O–H groups in total. The van der Waals surface area contributed by atoms with Gasteiger partial charge in [-0.25, -0.2) is 4.98 Å². The predicted octanol–water partition coefficient (Wildman–Crippen LogP) is 2.52. The maximum Gasteiger partial charge on any atom is 0.213 e. The maximum absolute atomic E-state index is 5.86. The minimum atomic E-state index is -0.0400. The van der Waals surface area contributed by atoms with Crippen molar-refractivity contribution in [1.29, 1.82) is 0 Å².